The molecule has 3 aromatic rings. The number of anilines is 1. The highest BCUT2D eigenvalue weighted by atomic mass is 79.9. The highest BCUT2D eigenvalue weighted by Gasteiger charge is 2.30. The number of aromatic nitrogens is 4. The van der Waals surface area contributed by atoms with E-state index in [1.165, 1.54) is 10.6 Å². The van der Waals surface area contributed by atoms with E-state index in [4.69, 9.17) is 0 Å². The molecule has 0 amide bonds. The van der Waals surface area contributed by atoms with Crippen LogP contribution in [0.3, 0.4) is 0 Å². The number of rotatable bonds is 4. The van der Waals surface area contributed by atoms with Crippen LogP contribution in [0.25, 0.3) is 11.2 Å². The summed E-state index contributed by atoms with van der Waals surface area (Å²) in [5.74, 6) is 0.639. The molecule has 1 aliphatic heterocycles. The smallest absolute Gasteiger partial charge is 0.243 e. The van der Waals surface area contributed by atoms with Crippen molar-refractivity contribution >= 4 is 42.9 Å². The highest BCUT2D eigenvalue weighted by Crippen LogP contribution is 2.24. The molecule has 0 radical (unpaired) electrons. The first-order valence-corrected chi connectivity index (χ1v) is 10.4. The number of hydrogen-bond acceptors (Lipinski definition) is 6. The summed E-state index contributed by atoms with van der Waals surface area (Å²) in [5.41, 5.74) is 1.30. The summed E-state index contributed by atoms with van der Waals surface area (Å²) >= 11 is 3.33. The van der Waals surface area contributed by atoms with E-state index in [2.05, 4.69) is 41.2 Å². The molecule has 26 heavy (non-hydrogen) atoms. The number of piperidine rings is 1. The predicted molar refractivity (Wildman–Crippen MR) is 101 cm³/mol. The number of H-pyrrole nitrogens is 1. The van der Waals surface area contributed by atoms with Gasteiger partial charge in [-0.2, -0.15) is 4.31 Å². The van der Waals surface area contributed by atoms with E-state index in [9.17, 15) is 8.42 Å². The second kappa shape index (κ2) is 6.93. The first kappa shape index (κ1) is 17.4. The van der Waals surface area contributed by atoms with Crippen molar-refractivity contribution in [2.24, 2.45) is 0 Å². The largest absolute Gasteiger partial charge is 0.364 e. The van der Waals surface area contributed by atoms with Gasteiger partial charge in [0.1, 0.15) is 11.8 Å². The van der Waals surface area contributed by atoms with E-state index in [-0.39, 0.29) is 6.04 Å². The van der Waals surface area contributed by atoms with Crippen LogP contribution in [0, 0.1) is 0 Å². The van der Waals surface area contributed by atoms with Crippen LogP contribution in [0.15, 0.2) is 46.3 Å². The lowest BCUT2D eigenvalue weighted by molar-refractivity contribution is 0.327. The van der Waals surface area contributed by atoms with Crippen LogP contribution < -0.4 is 5.32 Å². The van der Waals surface area contributed by atoms with Gasteiger partial charge in [-0.3, -0.25) is 0 Å². The SMILES string of the molecule is O=S(=O)(c1ccc(Br)cc1)N1CCCC(Nc2ncnc3nc[nH]c23)C1. The summed E-state index contributed by atoms with van der Waals surface area (Å²) in [6, 6.07) is 6.69. The summed E-state index contributed by atoms with van der Waals surface area (Å²) in [7, 11) is -3.52. The molecule has 1 atom stereocenters. The van der Waals surface area contributed by atoms with Crippen molar-refractivity contribution in [3.63, 3.8) is 0 Å². The van der Waals surface area contributed by atoms with Crippen molar-refractivity contribution in [1.82, 2.24) is 24.2 Å². The Hall–Kier alpha value is -2.04. The minimum Gasteiger partial charge on any atom is -0.364 e. The quantitative estimate of drug-likeness (QED) is 0.650. The van der Waals surface area contributed by atoms with Crippen LogP contribution in [0.5, 0.6) is 0 Å². The molecule has 0 spiro atoms. The topological polar surface area (TPSA) is 104 Å². The lowest BCUT2D eigenvalue weighted by Gasteiger charge is -2.32. The summed E-state index contributed by atoms with van der Waals surface area (Å²) in [6.45, 7) is 0.901. The van der Waals surface area contributed by atoms with E-state index in [0.29, 0.717) is 29.5 Å². The molecule has 1 unspecified atom stereocenters. The van der Waals surface area contributed by atoms with Crippen LogP contribution in [0.2, 0.25) is 0 Å². The Bertz CT molecular complexity index is 1020. The molecule has 1 aliphatic rings. The second-order valence-electron chi connectivity index (χ2n) is 6.12. The number of imidazole rings is 1. The monoisotopic (exact) mass is 436 g/mol. The molecular formula is C16H17BrN6O2S. The first-order chi connectivity index (χ1) is 12.5. The molecular weight excluding hydrogens is 420 g/mol. The van der Waals surface area contributed by atoms with Crippen molar-refractivity contribution in [2.45, 2.75) is 23.8 Å². The fourth-order valence-corrected chi connectivity index (χ4v) is 4.89. The van der Waals surface area contributed by atoms with Gasteiger partial charge in [0, 0.05) is 23.6 Å². The molecule has 2 aromatic heterocycles. The molecule has 1 saturated heterocycles. The van der Waals surface area contributed by atoms with Crippen molar-refractivity contribution in [3.8, 4) is 0 Å². The lowest BCUT2D eigenvalue weighted by Crippen LogP contribution is -2.45. The summed E-state index contributed by atoms with van der Waals surface area (Å²) in [6.07, 6.45) is 4.66. The van der Waals surface area contributed by atoms with E-state index >= 15 is 0 Å². The summed E-state index contributed by atoms with van der Waals surface area (Å²) in [5, 5.41) is 3.34. The Morgan fingerprint density at radius 3 is 2.81 bits per heavy atom. The number of fused-ring (bicyclic) bond motifs is 1. The van der Waals surface area contributed by atoms with Gasteiger partial charge in [-0.05, 0) is 37.1 Å². The molecule has 0 aliphatic carbocycles. The van der Waals surface area contributed by atoms with Gasteiger partial charge in [0.2, 0.25) is 10.0 Å². The average molecular weight is 437 g/mol. The standard InChI is InChI=1S/C16H17BrN6O2S/c17-11-3-5-13(6-4-11)26(24,25)23-7-1-2-12(8-23)22-16-14-15(19-9-18-14)20-10-21-16/h3-6,9-10,12H,1-2,7-8H2,(H2,18,19,20,21,22). The van der Waals surface area contributed by atoms with Crippen LogP contribution in [-0.2, 0) is 10.0 Å². The normalized spacial score (nSPS) is 18.9. The Morgan fingerprint density at radius 2 is 2.00 bits per heavy atom. The fourth-order valence-electron chi connectivity index (χ4n) is 3.10. The van der Waals surface area contributed by atoms with Gasteiger partial charge in [-0.25, -0.2) is 23.4 Å². The van der Waals surface area contributed by atoms with Crippen LogP contribution in [0.4, 0.5) is 5.82 Å². The van der Waals surface area contributed by atoms with E-state index in [0.717, 1.165) is 22.8 Å². The maximum atomic E-state index is 12.9. The van der Waals surface area contributed by atoms with Crippen molar-refractivity contribution in [3.05, 3.63) is 41.4 Å². The highest BCUT2D eigenvalue weighted by molar-refractivity contribution is 9.10. The van der Waals surface area contributed by atoms with Crippen LogP contribution >= 0.6 is 15.9 Å². The number of nitrogens with zero attached hydrogens (tertiary/aromatic N) is 4. The summed E-state index contributed by atoms with van der Waals surface area (Å²) < 4.78 is 28.2. The number of hydrogen-bond donors (Lipinski definition) is 2. The Morgan fingerprint density at radius 1 is 1.19 bits per heavy atom. The van der Waals surface area contributed by atoms with Gasteiger partial charge in [-0.1, -0.05) is 15.9 Å². The van der Waals surface area contributed by atoms with Crippen LogP contribution in [0.1, 0.15) is 12.8 Å². The molecule has 0 bridgehead atoms. The first-order valence-electron chi connectivity index (χ1n) is 8.20. The second-order valence-corrected chi connectivity index (χ2v) is 8.98. The van der Waals surface area contributed by atoms with E-state index in [1.807, 2.05) is 0 Å². The van der Waals surface area contributed by atoms with Crippen molar-refractivity contribution in [2.75, 3.05) is 18.4 Å². The Balaban J connectivity index is 1.54. The Labute approximate surface area is 159 Å². The van der Waals surface area contributed by atoms with Crippen molar-refractivity contribution in [1.29, 1.82) is 0 Å². The zero-order chi connectivity index (χ0) is 18.1. The van der Waals surface area contributed by atoms with Crippen molar-refractivity contribution < 1.29 is 8.42 Å². The molecule has 2 N–H and O–H groups in total. The molecule has 1 fully saturated rings. The predicted octanol–water partition coefficient (Wildman–Crippen LogP) is 2.38. The van der Waals surface area contributed by atoms with Gasteiger partial charge >= 0.3 is 0 Å². The number of sulfonamides is 1. The lowest BCUT2D eigenvalue weighted by atomic mass is 10.1. The van der Waals surface area contributed by atoms with Gasteiger partial charge in [0.15, 0.2) is 11.5 Å². The molecule has 0 saturated carbocycles. The van der Waals surface area contributed by atoms with Gasteiger partial charge in [0.05, 0.1) is 11.2 Å². The Kier molecular flexibility index (Phi) is 4.63. The minimum absolute atomic E-state index is 0.0321. The number of nitrogens with one attached hydrogen (secondary N) is 2. The number of benzene rings is 1. The average Bonchev–Trinajstić information content (AvgIpc) is 3.12. The molecule has 8 nitrogen and oxygen atoms in total. The minimum atomic E-state index is -3.52. The fraction of sp³-hybridized carbons (Fsp3) is 0.312. The van der Waals surface area contributed by atoms with Crippen LogP contribution in [-0.4, -0.2) is 51.8 Å². The van der Waals surface area contributed by atoms with E-state index < -0.39 is 10.0 Å². The molecule has 4 rings (SSSR count). The summed E-state index contributed by atoms with van der Waals surface area (Å²) in [4.78, 5) is 15.8. The molecule has 10 heteroatoms. The molecule has 136 valence electrons. The molecule has 1 aromatic carbocycles. The maximum absolute atomic E-state index is 12.9. The third-order valence-electron chi connectivity index (χ3n) is 4.40. The molecule has 3 heterocycles. The van der Waals surface area contributed by atoms with Gasteiger partial charge in [0.25, 0.3) is 0 Å². The zero-order valence-corrected chi connectivity index (χ0v) is 16.2. The maximum Gasteiger partial charge on any atom is 0.243 e. The third kappa shape index (κ3) is 3.31. The van der Waals surface area contributed by atoms with Gasteiger partial charge in [-0.15, -0.1) is 0 Å². The third-order valence-corrected chi connectivity index (χ3v) is 6.81. The number of halogens is 1. The number of aromatic amines is 1. The van der Waals surface area contributed by atoms with Gasteiger partial charge < -0.3 is 10.3 Å². The zero-order valence-electron chi connectivity index (χ0n) is 13.8. The van der Waals surface area contributed by atoms with E-state index in [1.54, 1.807) is 30.6 Å².